The van der Waals surface area contributed by atoms with Gasteiger partial charge >= 0.3 is 5.97 Å². The molecule has 2 aliphatic rings. The molecular formula is C13H23ClN2O3. The van der Waals surface area contributed by atoms with Gasteiger partial charge in [0.15, 0.2) is 0 Å². The summed E-state index contributed by atoms with van der Waals surface area (Å²) in [6.07, 6.45) is 4.32. The molecule has 1 amide bonds. The van der Waals surface area contributed by atoms with Crippen molar-refractivity contribution in [2.75, 3.05) is 20.2 Å². The molecule has 3 atom stereocenters. The summed E-state index contributed by atoms with van der Waals surface area (Å²) in [6.45, 7) is 3.32. The number of hydrogen-bond acceptors (Lipinski definition) is 4. The third-order valence-electron chi connectivity index (χ3n) is 4.39. The highest BCUT2D eigenvalue weighted by molar-refractivity contribution is 5.88. The number of nitrogens with one attached hydrogen (secondary N) is 2. The number of methoxy groups -OCH3 is 1. The van der Waals surface area contributed by atoms with E-state index in [9.17, 15) is 9.59 Å². The van der Waals surface area contributed by atoms with Gasteiger partial charge in [-0.05, 0) is 32.2 Å². The van der Waals surface area contributed by atoms with Gasteiger partial charge in [-0.1, -0.05) is 12.8 Å². The average Bonchev–Trinajstić information content (AvgIpc) is 2.82. The second kappa shape index (κ2) is 6.57. The second-order valence-corrected chi connectivity index (χ2v) is 5.45. The number of carbonyl (C=O) groups is 2. The highest BCUT2D eigenvalue weighted by Gasteiger charge is 2.50. The summed E-state index contributed by atoms with van der Waals surface area (Å²) in [6, 6.07) is -0.569. The normalized spacial score (nSPS) is 30.7. The molecule has 0 aromatic rings. The number of ether oxygens (including phenoxy) is 1. The maximum absolute atomic E-state index is 12.5. The van der Waals surface area contributed by atoms with E-state index in [0.29, 0.717) is 5.92 Å². The predicted octanol–water partition coefficient (Wildman–Crippen LogP) is 0.866. The zero-order chi connectivity index (χ0) is 13.2. The Morgan fingerprint density at radius 2 is 2.16 bits per heavy atom. The fourth-order valence-corrected chi connectivity index (χ4v) is 3.27. The Bertz CT molecular complexity index is 351. The molecular weight excluding hydrogens is 268 g/mol. The largest absolute Gasteiger partial charge is 0.467 e. The molecule has 0 aromatic heterocycles. The van der Waals surface area contributed by atoms with Crippen LogP contribution in [0.1, 0.15) is 32.6 Å². The second-order valence-electron chi connectivity index (χ2n) is 5.45. The van der Waals surface area contributed by atoms with Crippen LogP contribution in [0.3, 0.4) is 0 Å². The lowest BCUT2D eigenvalue weighted by molar-refractivity contribution is -0.147. The summed E-state index contributed by atoms with van der Waals surface area (Å²) in [5.74, 6) is 0.0317. The Kier molecular flexibility index (Phi) is 5.62. The van der Waals surface area contributed by atoms with Gasteiger partial charge in [0.1, 0.15) is 6.04 Å². The minimum Gasteiger partial charge on any atom is -0.467 e. The topological polar surface area (TPSA) is 67.4 Å². The smallest absolute Gasteiger partial charge is 0.328 e. The fraction of sp³-hybridized carbons (Fsp3) is 0.846. The Balaban J connectivity index is 0.00000180. The van der Waals surface area contributed by atoms with Crippen molar-refractivity contribution in [1.29, 1.82) is 0 Å². The summed E-state index contributed by atoms with van der Waals surface area (Å²) < 4.78 is 4.64. The minimum atomic E-state index is -0.569. The number of amides is 1. The zero-order valence-electron chi connectivity index (χ0n) is 11.5. The summed E-state index contributed by atoms with van der Waals surface area (Å²) >= 11 is 0. The first-order chi connectivity index (χ1) is 8.60. The first-order valence-corrected chi connectivity index (χ1v) is 6.69. The zero-order valence-corrected chi connectivity index (χ0v) is 12.3. The fourth-order valence-electron chi connectivity index (χ4n) is 3.27. The molecule has 1 aliphatic carbocycles. The van der Waals surface area contributed by atoms with Gasteiger partial charge in [-0.2, -0.15) is 0 Å². The van der Waals surface area contributed by atoms with Crippen LogP contribution in [0.15, 0.2) is 0 Å². The minimum absolute atomic E-state index is 0. The van der Waals surface area contributed by atoms with Crippen LogP contribution in [-0.4, -0.2) is 38.1 Å². The Labute approximate surface area is 120 Å². The molecule has 0 bridgehead atoms. The van der Waals surface area contributed by atoms with Gasteiger partial charge in [0.05, 0.1) is 12.5 Å². The van der Waals surface area contributed by atoms with Gasteiger partial charge in [0.2, 0.25) is 5.91 Å². The van der Waals surface area contributed by atoms with E-state index in [2.05, 4.69) is 15.4 Å². The molecule has 2 fully saturated rings. The quantitative estimate of drug-likeness (QED) is 0.757. The summed E-state index contributed by atoms with van der Waals surface area (Å²) in [4.78, 5) is 23.8. The monoisotopic (exact) mass is 290 g/mol. The van der Waals surface area contributed by atoms with Crippen LogP contribution < -0.4 is 10.6 Å². The first-order valence-electron chi connectivity index (χ1n) is 6.69. The van der Waals surface area contributed by atoms with Crippen LogP contribution in [0.5, 0.6) is 0 Å². The van der Waals surface area contributed by atoms with E-state index in [0.717, 1.165) is 32.4 Å². The Morgan fingerprint density at radius 3 is 2.84 bits per heavy atom. The van der Waals surface area contributed by atoms with Crippen LogP contribution >= 0.6 is 12.4 Å². The van der Waals surface area contributed by atoms with Crippen molar-refractivity contribution in [3.63, 3.8) is 0 Å². The molecule has 0 radical (unpaired) electrons. The highest BCUT2D eigenvalue weighted by Crippen LogP contribution is 2.43. The first kappa shape index (κ1) is 16.2. The van der Waals surface area contributed by atoms with E-state index in [1.165, 1.54) is 13.5 Å². The number of fused-ring (bicyclic) bond motifs is 1. The molecule has 1 aliphatic heterocycles. The van der Waals surface area contributed by atoms with Crippen molar-refractivity contribution in [3.8, 4) is 0 Å². The van der Waals surface area contributed by atoms with Crippen molar-refractivity contribution < 1.29 is 14.3 Å². The lowest BCUT2D eigenvalue weighted by atomic mass is 9.67. The number of halogens is 1. The van der Waals surface area contributed by atoms with E-state index in [1.54, 1.807) is 6.92 Å². The number of hydrogen-bond donors (Lipinski definition) is 2. The van der Waals surface area contributed by atoms with Crippen LogP contribution in [0.2, 0.25) is 0 Å². The lowest BCUT2D eigenvalue weighted by Gasteiger charge is -2.37. The maximum Gasteiger partial charge on any atom is 0.328 e. The van der Waals surface area contributed by atoms with E-state index >= 15 is 0 Å². The molecule has 19 heavy (non-hydrogen) atoms. The molecule has 5 nitrogen and oxygen atoms in total. The number of esters is 1. The van der Waals surface area contributed by atoms with E-state index < -0.39 is 12.0 Å². The van der Waals surface area contributed by atoms with E-state index in [1.807, 2.05) is 0 Å². The molecule has 110 valence electrons. The van der Waals surface area contributed by atoms with Crippen molar-refractivity contribution in [2.45, 2.75) is 38.6 Å². The van der Waals surface area contributed by atoms with Gasteiger partial charge < -0.3 is 15.4 Å². The molecule has 1 heterocycles. The van der Waals surface area contributed by atoms with Crippen molar-refractivity contribution >= 4 is 24.3 Å². The maximum atomic E-state index is 12.5. The van der Waals surface area contributed by atoms with Crippen molar-refractivity contribution in [1.82, 2.24) is 10.6 Å². The van der Waals surface area contributed by atoms with Crippen molar-refractivity contribution in [3.05, 3.63) is 0 Å². The highest BCUT2D eigenvalue weighted by atomic mass is 35.5. The number of rotatable bonds is 3. The standard InChI is InChI=1S/C13H22N2O3.ClH/c1-9(11(16)18-2)15-12(17)13-6-4-3-5-10(13)7-14-8-13;/h9-10,14H,3-8H2,1-2H3,(H,15,17);1H/t9?,10-,13+;/m0./s1. The SMILES string of the molecule is COC(=O)C(C)NC(=O)[C@@]12CCCC[C@H]1CNC2.Cl. The average molecular weight is 291 g/mol. The molecule has 6 heteroatoms. The summed E-state index contributed by atoms with van der Waals surface area (Å²) in [5.41, 5.74) is -0.305. The lowest BCUT2D eigenvalue weighted by Crippen LogP contribution is -2.52. The molecule has 0 spiro atoms. The van der Waals surface area contributed by atoms with Crippen LogP contribution in [0, 0.1) is 11.3 Å². The van der Waals surface area contributed by atoms with Gasteiger partial charge in [-0.25, -0.2) is 4.79 Å². The molecule has 1 saturated carbocycles. The number of carbonyl (C=O) groups excluding carboxylic acids is 2. The van der Waals surface area contributed by atoms with E-state index in [-0.39, 0.29) is 23.7 Å². The van der Waals surface area contributed by atoms with Gasteiger partial charge in [0, 0.05) is 6.54 Å². The van der Waals surface area contributed by atoms with Crippen LogP contribution in [0.4, 0.5) is 0 Å². The third kappa shape index (κ3) is 3.03. The molecule has 0 aromatic carbocycles. The van der Waals surface area contributed by atoms with Crippen LogP contribution in [-0.2, 0) is 14.3 Å². The third-order valence-corrected chi connectivity index (χ3v) is 4.39. The predicted molar refractivity (Wildman–Crippen MR) is 74.1 cm³/mol. The summed E-state index contributed by atoms with van der Waals surface area (Å²) in [5, 5.41) is 6.13. The van der Waals surface area contributed by atoms with E-state index in [4.69, 9.17) is 0 Å². The van der Waals surface area contributed by atoms with Crippen molar-refractivity contribution in [2.24, 2.45) is 11.3 Å². The Morgan fingerprint density at radius 1 is 1.42 bits per heavy atom. The summed E-state index contributed by atoms with van der Waals surface area (Å²) in [7, 11) is 1.34. The van der Waals surface area contributed by atoms with Crippen LogP contribution in [0.25, 0.3) is 0 Å². The molecule has 2 rings (SSSR count). The van der Waals surface area contributed by atoms with Gasteiger partial charge in [-0.3, -0.25) is 4.79 Å². The molecule has 1 saturated heterocycles. The molecule has 1 unspecified atom stereocenters. The van der Waals surface area contributed by atoms with Gasteiger partial charge in [0.25, 0.3) is 0 Å². The Hall–Kier alpha value is -0.810. The molecule has 2 N–H and O–H groups in total. The van der Waals surface area contributed by atoms with Gasteiger partial charge in [-0.15, -0.1) is 12.4 Å².